The molecule has 1 rings (SSSR count). The lowest BCUT2D eigenvalue weighted by molar-refractivity contribution is -0.141. The molecule has 0 aliphatic carbocycles. The Hall–Kier alpha value is -1.82. The number of esters is 1. The Kier molecular flexibility index (Phi) is 4.91. The molecule has 0 fully saturated rings. The number of benzene rings is 1. The fraction of sp³-hybridized carbons (Fsp3) is 0.417. The van der Waals surface area contributed by atoms with E-state index in [1.54, 1.807) is 0 Å². The maximum atomic E-state index is 13.8. The highest BCUT2D eigenvalue weighted by Gasteiger charge is 2.19. The average molecular weight is 257 g/mol. The van der Waals surface area contributed by atoms with Gasteiger partial charge in [0.05, 0.1) is 27.8 Å². The van der Waals surface area contributed by atoms with Crippen LogP contribution in [0.15, 0.2) is 12.1 Å². The lowest BCUT2D eigenvalue weighted by Crippen LogP contribution is -2.17. The molecule has 1 atom stereocenters. The van der Waals surface area contributed by atoms with E-state index in [0.29, 0.717) is 5.75 Å². The van der Waals surface area contributed by atoms with Crippen molar-refractivity contribution in [2.45, 2.75) is 12.5 Å². The lowest BCUT2D eigenvalue weighted by atomic mass is 10.0. The van der Waals surface area contributed by atoms with Gasteiger partial charge in [0, 0.05) is 17.7 Å². The molecule has 0 saturated carbocycles. The number of rotatable bonds is 5. The Morgan fingerprint density at radius 2 is 1.83 bits per heavy atom. The van der Waals surface area contributed by atoms with Crippen LogP contribution in [0.3, 0.4) is 0 Å². The van der Waals surface area contributed by atoms with Crippen LogP contribution in [0, 0.1) is 5.82 Å². The van der Waals surface area contributed by atoms with Crippen molar-refractivity contribution < 1.29 is 23.4 Å². The van der Waals surface area contributed by atoms with Crippen molar-refractivity contribution in [3.05, 3.63) is 23.5 Å². The molecule has 1 aromatic rings. The quantitative estimate of drug-likeness (QED) is 0.807. The molecule has 0 saturated heterocycles. The summed E-state index contributed by atoms with van der Waals surface area (Å²) in [7, 11) is 4.09. The first-order valence-electron chi connectivity index (χ1n) is 5.27. The molecular weight excluding hydrogens is 241 g/mol. The highest BCUT2D eigenvalue weighted by molar-refractivity contribution is 5.70. The fourth-order valence-electron chi connectivity index (χ4n) is 1.53. The van der Waals surface area contributed by atoms with E-state index in [2.05, 4.69) is 4.74 Å². The molecule has 2 N–H and O–H groups in total. The topological polar surface area (TPSA) is 70.8 Å². The third kappa shape index (κ3) is 3.10. The molecule has 0 aromatic heterocycles. The molecule has 0 aliphatic heterocycles. The number of nitrogens with two attached hydrogens (primary N) is 1. The van der Waals surface area contributed by atoms with Gasteiger partial charge in [0.1, 0.15) is 5.82 Å². The normalized spacial score (nSPS) is 11.8. The van der Waals surface area contributed by atoms with Crippen LogP contribution >= 0.6 is 0 Å². The summed E-state index contributed by atoms with van der Waals surface area (Å²) >= 11 is 0. The van der Waals surface area contributed by atoms with Gasteiger partial charge < -0.3 is 19.9 Å². The summed E-state index contributed by atoms with van der Waals surface area (Å²) in [6.07, 6.45) is -0.108. The molecule has 0 heterocycles. The van der Waals surface area contributed by atoms with Crippen molar-refractivity contribution in [1.29, 1.82) is 0 Å². The first-order chi connectivity index (χ1) is 8.53. The third-order valence-corrected chi connectivity index (χ3v) is 2.52. The monoisotopic (exact) mass is 257 g/mol. The van der Waals surface area contributed by atoms with Gasteiger partial charge in [-0.1, -0.05) is 0 Å². The standard InChI is InChI=1S/C12H16FNO4/c1-16-10-4-7(8(13)5-11(10)17-2)9(14)6-12(15)18-3/h4-5,9H,6,14H2,1-3H3/t9-/m1/s1. The molecule has 1 aromatic carbocycles. The van der Waals surface area contributed by atoms with E-state index in [1.165, 1.54) is 33.5 Å². The zero-order valence-electron chi connectivity index (χ0n) is 10.5. The van der Waals surface area contributed by atoms with Crippen LogP contribution < -0.4 is 15.2 Å². The van der Waals surface area contributed by atoms with Crippen LogP contribution in [-0.4, -0.2) is 27.3 Å². The van der Waals surface area contributed by atoms with E-state index in [0.717, 1.165) is 0 Å². The minimum atomic E-state index is -0.794. The maximum Gasteiger partial charge on any atom is 0.307 e. The summed E-state index contributed by atoms with van der Waals surface area (Å²) in [6, 6.07) is 1.80. The number of carbonyl (C=O) groups excluding carboxylic acids is 1. The molecule has 0 spiro atoms. The molecule has 5 nitrogen and oxygen atoms in total. The van der Waals surface area contributed by atoms with Gasteiger partial charge >= 0.3 is 5.97 Å². The van der Waals surface area contributed by atoms with Gasteiger partial charge in [0.25, 0.3) is 0 Å². The van der Waals surface area contributed by atoms with Crippen LogP contribution in [0.5, 0.6) is 11.5 Å². The minimum Gasteiger partial charge on any atom is -0.493 e. The van der Waals surface area contributed by atoms with E-state index in [1.807, 2.05) is 0 Å². The fourth-order valence-corrected chi connectivity index (χ4v) is 1.53. The predicted octanol–water partition coefficient (Wildman–Crippen LogP) is 1.41. The zero-order chi connectivity index (χ0) is 13.7. The van der Waals surface area contributed by atoms with Crippen LogP contribution in [0.4, 0.5) is 4.39 Å². The van der Waals surface area contributed by atoms with Crippen molar-refractivity contribution in [3.8, 4) is 11.5 Å². The van der Waals surface area contributed by atoms with E-state index in [4.69, 9.17) is 15.2 Å². The van der Waals surface area contributed by atoms with Gasteiger partial charge in [0.2, 0.25) is 0 Å². The smallest absolute Gasteiger partial charge is 0.307 e. The Labute approximate surface area is 105 Å². The van der Waals surface area contributed by atoms with Gasteiger partial charge in [-0.05, 0) is 6.07 Å². The van der Waals surface area contributed by atoms with Gasteiger partial charge in [-0.2, -0.15) is 0 Å². The summed E-state index contributed by atoms with van der Waals surface area (Å²) in [4.78, 5) is 11.1. The number of methoxy groups -OCH3 is 3. The number of hydrogen-bond donors (Lipinski definition) is 1. The highest BCUT2D eigenvalue weighted by atomic mass is 19.1. The molecule has 6 heteroatoms. The summed E-state index contributed by atoms with van der Waals surface area (Å²) in [6.45, 7) is 0. The van der Waals surface area contributed by atoms with E-state index < -0.39 is 17.8 Å². The van der Waals surface area contributed by atoms with E-state index in [-0.39, 0.29) is 17.7 Å². The van der Waals surface area contributed by atoms with Crippen LogP contribution in [0.1, 0.15) is 18.0 Å². The summed E-state index contributed by atoms with van der Waals surface area (Å²) in [5.41, 5.74) is 5.93. The largest absolute Gasteiger partial charge is 0.493 e. The second-order valence-corrected chi connectivity index (χ2v) is 3.62. The van der Waals surface area contributed by atoms with Crippen molar-refractivity contribution in [1.82, 2.24) is 0 Å². The second-order valence-electron chi connectivity index (χ2n) is 3.62. The Morgan fingerprint density at radius 3 is 2.33 bits per heavy atom. The van der Waals surface area contributed by atoms with Gasteiger partial charge in [0.15, 0.2) is 11.5 Å². The maximum absolute atomic E-state index is 13.8. The molecule has 0 bridgehead atoms. The van der Waals surface area contributed by atoms with E-state index in [9.17, 15) is 9.18 Å². The first kappa shape index (κ1) is 14.2. The Morgan fingerprint density at radius 1 is 1.28 bits per heavy atom. The Bertz CT molecular complexity index is 436. The summed E-state index contributed by atoms with van der Waals surface area (Å²) in [5, 5.41) is 0. The highest BCUT2D eigenvalue weighted by Crippen LogP contribution is 2.32. The summed E-state index contributed by atoms with van der Waals surface area (Å²) in [5.74, 6) is -0.432. The predicted molar refractivity (Wildman–Crippen MR) is 63.1 cm³/mol. The molecule has 0 radical (unpaired) electrons. The van der Waals surface area contributed by atoms with E-state index >= 15 is 0 Å². The summed E-state index contributed by atoms with van der Waals surface area (Å²) < 4.78 is 28.3. The average Bonchev–Trinajstić information content (AvgIpc) is 2.37. The van der Waals surface area contributed by atoms with Crippen molar-refractivity contribution in [2.24, 2.45) is 5.73 Å². The molecule has 0 aliphatic rings. The minimum absolute atomic E-state index is 0.108. The third-order valence-electron chi connectivity index (χ3n) is 2.52. The van der Waals surface area contributed by atoms with Gasteiger partial charge in [-0.3, -0.25) is 4.79 Å². The SMILES string of the molecule is COC(=O)C[C@@H](N)c1cc(OC)c(OC)cc1F. The second kappa shape index (κ2) is 6.20. The van der Waals surface area contributed by atoms with Gasteiger partial charge in [-0.15, -0.1) is 0 Å². The molecular formula is C12H16FNO4. The van der Waals surface area contributed by atoms with Crippen molar-refractivity contribution >= 4 is 5.97 Å². The number of halogens is 1. The van der Waals surface area contributed by atoms with Crippen LogP contribution in [-0.2, 0) is 9.53 Å². The molecule has 18 heavy (non-hydrogen) atoms. The lowest BCUT2D eigenvalue weighted by Gasteiger charge is -2.15. The van der Waals surface area contributed by atoms with Crippen molar-refractivity contribution in [3.63, 3.8) is 0 Å². The number of carbonyl (C=O) groups is 1. The molecule has 0 amide bonds. The first-order valence-corrected chi connectivity index (χ1v) is 5.27. The van der Waals surface area contributed by atoms with Crippen molar-refractivity contribution in [2.75, 3.05) is 21.3 Å². The van der Waals surface area contributed by atoms with Crippen LogP contribution in [0.25, 0.3) is 0 Å². The number of hydrogen-bond acceptors (Lipinski definition) is 5. The molecule has 100 valence electrons. The van der Waals surface area contributed by atoms with Gasteiger partial charge in [-0.25, -0.2) is 4.39 Å². The number of ether oxygens (including phenoxy) is 3. The van der Waals surface area contributed by atoms with Crippen LogP contribution in [0.2, 0.25) is 0 Å². The zero-order valence-corrected chi connectivity index (χ0v) is 10.5. The molecule has 0 unspecified atom stereocenters. The Balaban J connectivity index is 3.05.